The lowest BCUT2D eigenvalue weighted by atomic mass is 10.2. The molecule has 0 atom stereocenters. The highest BCUT2D eigenvalue weighted by Gasteiger charge is 2.26. The van der Waals surface area contributed by atoms with E-state index < -0.39 is 9.85 Å². The van der Waals surface area contributed by atoms with Crippen molar-refractivity contribution in [1.29, 1.82) is 0 Å². The number of nitro groups is 2. The second-order valence-electron chi connectivity index (χ2n) is 3.84. The zero-order valence-electron chi connectivity index (χ0n) is 10.4. The number of methoxy groups -OCH3 is 1. The van der Waals surface area contributed by atoms with Gasteiger partial charge in [-0.3, -0.25) is 20.2 Å². The molecule has 102 valence electrons. The monoisotopic (exact) mass is 276 g/mol. The third kappa shape index (κ3) is 2.53. The molecule has 2 aromatic rings. The molecule has 8 nitrogen and oxygen atoms in total. The van der Waals surface area contributed by atoms with Crippen LogP contribution in [0.15, 0.2) is 42.7 Å². The molecular weight excluding hydrogens is 266 g/mol. The molecule has 8 heteroatoms. The Morgan fingerprint density at radius 3 is 2.50 bits per heavy atom. The van der Waals surface area contributed by atoms with E-state index in [9.17, 15) is 20.2 Å². The Morgan fingerprint density at radius 2 is 1.90 bits per heavy atom. The van der Waals surface area contributed by atoms with Gasteiger partial charge in [-0.15, -0.1) is 0 Å². The van der Waals surface area contributed by atoms with E-state index in [1.807, 2.05) is 0 Å². The van der Waals surface area contributed by atoms with Gasteiger partial charge in [-0.2, -0.15) is 4.57 Å². The Morgan fingerprint density at radius 1 is 1.15 bits per heavy atom. The van der Waals surface area contributed by atoms with Gasteiger partial charge in [0.2, 0.25) is 6.20 Å². The number of benzene rings is 1. The first-order chi connectivity index (χ1) is 9.52. The van der Waals surface area contributed by atoms with Gasteiger partial charge >= 0.3 is 5.69 Å². The van der Waals surface area contributed by atoms with Crippen molar-refractivity contribution < 1.29 is 19.2 Å². The molecule has 0 fully saturated rings. The number of nitro benzene ring substituents is 2. The molecule has 0 unspecified atom stereocenters. The summed E-state index contributed by atoms with van der Waals surface area (Å²) < 4.78 is 6.51. The van der Waals surface area contributed by atoms with Crippen LogP contribution in [0.5, 0.6) is 5.75 Å². The molecule has 1 aromatic heterocycles. The molecule has 0 aliphatic heterocycles. The molecule has 0 bridgehead atoms. The Hall–Kier alpha value is -3.03. The molecule has 0 amide bonds. The van der Waals surface area contributed by atoms with Crippen molar-refractivity contribution in [3.63, 3.8) is 0 Å². The van der Waals surface area contributed by atoms with E-state index in [0.717, 1.165) is 6.07 Å². The first-order valence-electron chi connectivity index (χ1n) is 5.51. The van der Waals surface area contributed by atoms with E-state index in [2.05, 4.69) is 0 Å². The molecular formula is C12H10N3O5+. The van der Waals surface area contributed by atoms with Gasteiger partial charge in [0.25, 0.3) is 11.4 Å². The summed E-state index contributed by atoms with van der Waals surface area (Å²) in [4.78, 5) is 20.4. The summed E-state index contributed by atoms with van der Waals surface area (Å²) >= 11 is 0. The summed E-state index contributed by atoms with van der Waals surface area (Å²) in [5.74, 6) is 0.514. The fourth-order valence-electron chi connectivity index (χ4n) is 1.71. The van der Waals surface area contributed by atoms with Crippen LogP contribution in [-0.2, 0) is 0 Å². The smallest absolute Gasteiger partial charge is 0.347 e. The summed E-state index contributed by atoms with van der Waals surface area (Å²) in [7, 11) is 1.48. The van der Waals surface area contributed by atoms with Crippen LogP contribution in [0.3, 0.4) is 0 Å². The lowest BCUT2D eigenvalue weighted by Gasteiger charge is -2.00. The number of hydrogen-bond acceptors (Lipinski definition) is 5. The van der Waals surface area contributed by atoms with Crippen LogP contribution in [0.2, 0.25) is 0 Å². The Labute approximate surface area is 113 Å². The molecule has 0 spiro atoms. The average Bonchev–Trinajstić information content (AvgIpc) is 2.46. The first-order valence-corrected chi connectivity index (χ1v) is 5.51. The third-order valence-electron chi connectivity index (χ3n) is 2.65. The fraction of sp³-hybridized carbons (Fsp3) is 0.0833. The molecule has 0 saturated carbocycles. The fourth-order valence-corrected chi connectivity index (χ4v) is 1.71. The molecule has 2 rings (SSSR count). The topological polar surface area (TPSA) is 99.4 Å². The Bertz CT molecular complexity index is 687. The minimum atomic E-state index is -0.674. The first kappa shape index (κ1) is 13.4. The van der Waals surface area contributed by atoms with Crippen LogP contribution < -0.4 is 9.30 Å². The van der Waals surface area contributed by atoms with Gasteiger partial charge in [0.15, 0.2) is 11.9 Å². The molecule has 0 radical (unpaired) electrons. The minimum absolute atomic E-state index is 0.222. The molecule has 1 aromatic carbocycles. The highest BCUT2D eigenvalue weighted by molar-refractivity contribution is 5.53. The van der Waals surface area contributed by atoms with Gasteiger partial charge in [-0.25, -0.2) is 0 Å². The minimum Gasteiger partial charge on any atom is -0.491 e. The van der Waals surface area contributed by atoms with E-state index in [0.29, 0.717) is 5.75 Å². The summed E-state index contributed by atoms with van der Waals surface area (Å²) in [6.45, 7) is 0. The maximum Gasteiger partial charge on any atom is 0.347 e. The van der Waals surface area contributed by atoms with Crippen molar-refractivity contribution >= 4 is 11.4 Å². The lowest BCUT2D eigenvalue weighted by Crippen LogP contribution is -2.30. The van der Waals surface area contributed by atoms with Gasteiger partial charge in [-0.05, 0) is 6.07 Å². The van der Waals surface area contributed by atoms with Crippen molar-refractivity contribution in [2.45, 2.75) is 0 Å². The van der Waals surface area contributed by atoms with Crippen molar-refractivity contribution in [2.24, 2.45) is 0 Å². The van der Waals surface area contributed by atoms with Crippen LogP contribution in [0.4, 0.5) is 11.4 Å². The van der Waals surface area contributed by atoms with E-state index in [1.54, 1.807) is 24.5 Å². The third-order valence-corrected chi connectivity index (χ3v) is 2.65. The largest absolute Gasteiger partial charge is 0.491 e. The number of rotatable bonds is 4. The van der Waals surface area contributed by atoms with Crippen LogP contribution in [0.25, 0.3) is 5.69 Å². The van der Waals surface area contributed by atoms with E-state index >= 15 is 0 Å². The van der Waals surface area contributed by atoms with Crippen molar-refractivity contribution in [1.82, 2.24) is 0 Å². The van der Waals surface area contributed by atoms with E-state index in [-0.39, 0.29) is 17.1 Å². The van der Waals surface area contributed by atoms with Gasteiger partial charge in [0.05, 0.1) is 17.0 Å². The predicted molar refractivity (Wildman–Crippen MR) is 67.8 cm³/mol. The molecule has 1 heterocycles. The lowest BCUT2D eigenvalue weighted by molar-refractivity contribution is -0.601. The SMILES string of the molecule is COc1ccc[n+](-c2ccc([N+](=O)[O-])cc2[N+](=O)[O-])c1. The normalized spacial score (nSPS) is 10.1. The van der Waals surface area contributed by atoms with Crippen LogP contribution in [-0.4, -0.2) is 17.0 Å². The number of ether oxygens (including phenoxy) is 1. The van der Waals surface area contributed by atoms with Crippen LogP contribution in [0, 0.1) is 20.2 Å². The number of nitrogens with zero attached hydrogens (tertiary/aromatic N) is 3. The highest BCUT2D eigenvalue weighted by Crippen LogP contribution is 2.24. The highest BCUT2D eigenvalue weighted by atomic mass is 16.6. The summed E-state index contributed by atoms with van der Waals surface area (Å²) in [6.07, 6.45) is 3.14. The van der Waals surface area contributed by atoms with Crippen molar-refractivity contribution in [2.75, 3.05) is 7.11 Å². The summed E-state index contributed by atoms with van der Waals surface area (Å²) in [5.41, 5.74) is -0.458. The summed E-state index contributed by atoms with van der Waals surface area (Å²) in [6, 6.07) is 6.82. The number of non-ortho nitro benzene ring substituents is 1. The van der Waals surface area contributed by atoms with E-state index in [1.165, 1.54) is 23.8 Å². The Balaban J connectivity index is 2.60. The zero-order chi connectivity index (χ0) is 14.7. The summed E-state index contributed by atoms with van der Waals surface area (Å²) in [5, 5.41) is 21.7. The number of hydrogen-bond donors (Lipinski definition) is 0. The van der Waals surface area contributed by atoms with Gasteiger partial charge in [0.1, 0.15) is 6.07 Å². The molecule has 20 heavy (non-hydrogen) atoms. The van der Waals surface area contributed by atoms with Crippen molar-refractivity contribution in [3.8, 4) is 11.4 Å². The van der Waals surface area contributed by atoms with Gasteiger partial charge < -0.3 is 4.74 Å². The van der Waals surface area contributed by atoms with Crippen molar-refractivity contribution in [3.05, 3.63) is 63.0 Å². The molecule has 0 saturated heterocycles. The van der Waals surface area contributed by atoms with E-state index in [4.69, 9.17) is 4.74 Å². The second-order valence-corrected chi connectivity index (χ2v) is 3.84. The predicted octanol–water partition coefficient (Wildman–Crippen LogP) is 1.79. The Kier molecular flexibility index (Phi) is 3.56. The number of pyridine rings is 1. The average molecular weight is 276 g/mol. The van der Waals surface area contributed by atoms with Gasteiger partial charge in [-0.1, -0.05) is 0 Å². The standard InChI is InChI=1S/C12H10N3O5/c1-20-10-3-2-6-13(8-10)11-5-4-9(14(16)17)7-12(11)15(18)19/h2-8H,1H3/q+1. The zero-order valence-corrected chi connectivity index (χ0v) is 10.4. The maximum absolute atomic E-state index is 11.1. The molecule has 0 aliphatic carbocycles. The second kappa shape index (κ2) is 5.31. The molecule has 0 N–H and O–H groups in total. The quantitative estimate of drug-likeness (QED) is 0.481. The maximum atomic E-state index is 11.1. The number of aromatic nitrogens is 1. The van der Waals surface area contributed by atoms with Crippen LogP contribution in [0.1, 0.15) is 0 Å². The molecule has 0 aliphatic rings. The van der Waals surface area contributed by atoms with Crippen LogP contribution >= 0.6 is 0 Å². The van der Waals surface area contributed by atoms with Gasteiger partial charge in [0, 0.05) is 18.2 Å².